The molecule has 1 N–H and O–H groups in total. The third-order valence-electron chi connectivity index (χ3n) is 3.84. The number of hydrogen-bond donors (Lipinski definition) is 1. The number of aromatic nitrogens is 3. The Kier molecular flexibility index (Phi) is 7.31. The fourth-order valence-corrected chi connectivity index (χ4v) is 3.47. The van der Waals surface area contributed by atoms with Gasteiger partial charge in [-0.3, -0.25) is 4.79 Å². The summed E-state index contributed by atoms with van der Waals surface area (Å²) in [5.41, 5.74) is 0.896. The van der Waals surface area contributed by atoms with Gasteiger partial charge in [0.1, 0.15) is 5.75 Å². The van der Waals surface area contributed by atoms with Crippen LogP contribution in [0.3, 0.4) is 0 Å². The number of amides is 1. The summed E-state index contributed by atoms with van der Waals surface area (Å²) < 4.78 is 7.43. The number of thioether (sulfide) groups is 1. The van der Waals surface area contributed by atoms with Gasteiger partial charge in [0.05, 0.1) is 18.4 Å². The smallest absolute Gasteiger partial charge is 0.230 e. The van der Waals surface area contributed by atoms with Crippen LogP contribution in [0.4, 0.5) is 0 Å². The zero-order chi connectivity index (χ0) is 18.2. The monoisotopic (exact) mass is 362 g/mol. The number of nitrogens with one attached hydrogen (secondary N) is 1. The first-order chi connectivity index (χ1) is 12.1. The molecule has 1 amide bonds. The normalized spacial score (nSPS) is 12.0. The highest BCUT2D eigenvalue weighted by Gasteiger charge is 2.17. The van der Waals surface area contributed by atoms with Crippen LogP contribution in [0.1, 0.15) is 33.6 Å². The molecule has 6 nitrogen and oxygen atoms in total. The van der Waals surface area contributed by atoms with Gasteiger partial charge < -0.3 is 14.6 Å². The van der Waals surface area contributed by atoms with Crippen molar-refractivity contribution >= 4 is 17.7 Å². The number of hydrogen-bond acceptors (Lipinski definition) is 5. The van der Waals surface area contributed by atoms with Crippen molar-refractivity contribution in [1.29, 1.82) is 0 Å². The molecular weight excluding hydrogens is 336 g/mol. The number of carbonyl (C=O) groups is 1. The van der Waals surface area contributed by atoms with E-state index in [1.807, 2.05) is 42.7 Å². The van der Waals surface area contributed by atoms with Crippen molar-refractivity contribution in [2.24, 2.45) is 0 Å². The van der Waals surface area contributed by atoms with Gasteiger partial charge >= 0.3 is 0 Å². The van der Waals surface area contributed by atoms with Gasteiger partial charge in [-0.15, -0.1) is 10.2 Å². The van der Waals surface area contributed by atoms with Crippen LogP contribution in [-0.2, 0) is 11.3 Å². The zero-order valence-electron chi connectivity index (χ0n) is 15.3. The second-order valence-corrected chi connectivity index (χ2v) is 6.74. The molecule has 1 atom stereocenters. The minimum atomic E-state index is 0.0236. The molecule has 0 radical (unpaired) electrons. The van der Waals surface area contributed by atoms with E-state index in [2.05, 4.69) is 22.4 Å². The summed E-state index contributed by atoms with van der Waals surface area (Å²) in [6, 6.07) is 7.93. The molecule has 2 aromatic rings. The number of benzene rings is 1. The predicted octanol–water partition coefficient (Wildman–Crippen LogP) is 3.37. The topological polar surface area (TPSA) is 69.0 Å². The van der Waals surface area contributed by atoms with E-state index in [0.717, 1.165) is 41.7 Å². The lowest BCUT2D eigenvalue weighted by Crippen LogP contribution is -2.33. The van der Waals surface area contributed by atoms with E-state index in [0.29, 0.717) is 5.75 Å². The molecule has 0 bridgehead atoms. The lowest BCUT2D eigenvalue weighted by Gasteiger charge is -2.13. The Balaban J connectivity index is 2.11. The Morgan fingerprint density at radius 1 is 1.32 bits per heavy atom. The van der Waals surface area contributed by atoms with Crippen LogP contribution in [0, 0.1) is 0 Å². The fraction of sp³-hybridized carbons (Fsp3) is 0.500. The second kappa shape index (κ2) is 9.46. The van der Waals surface area contributed by atoms with E-state index in [9.17, 15) is 4.79 Å². The van der Waals surface area contributed by atoms with Gasteiger partial charge in [-0.05, 0) is 32.4 Å². The first kappa shape index (κ1) is 19.3. The van der Waals surface area contributed by atoms with Crippen LogP contribution in [0.15, 0.2) is 29.4 Å². The quantitative estimate of drug-likeness (QED) is 0.693. The van der Waals surface area contributed by atoms with Crippen LogP contribution in [0.2, 0.25) is 0 Å². The fourth-order valence-electron chi connectivity index (χ4n) is 2.66. The standard InChI is InChI=1S/C18H26N4O2S/c1-5-9-13(3)19-16(23)12-25-18-21-20-17(22(18)6-2)14-10-7-8-11-15(14)24-4/h7-8,10-11,13H,5-6,9,12H2,1-4H3,(H,19,23)/t13-/m0/s1. The van der Waals surface area contributed by atoms with Crippen LogP contribution in [0.5, 0.6) is 5.75 Å². The number of nitrogens with zero attached hydrogens (tertiary/aromatic N) is 3. The SMILES string of the molecule is CCC[C@H](C)NC(=O)CSc1nnc(-c2ccccc2OC)n1CC. The highest BCUT2D eigenvalue weighted by atomic mass is 32.2. The summed E-state index contributed by atoms with van der Waals surface area (Å²) in [5.74, 6) is 1.86. The molecule has 7 heteroatoms. The number of para-hydroxylation sites is 1. The van der Waals surface area contributed by atoms with Gasteiger partial charge in [-0.1, -0.05) is 37.2 Å². The van der Waals surface area contributed by atoms with Crippen molar-refractivity contribution in [2.75, 3.05) is 12.9 Å². The molecule has 2 rings (SSSR count). The lowest BCUT2D eigenvalue weighted by atomic mass is 10.2. The first-order valence-electron chi connectivity index (χ1n) is 8.59. The molecule has 1 aromatic heterocycles. The molecule has 1 aromatic carbocycles. The number of methoxy groups -OCH3 is 1. The van der Waals surface area contributed by atoms with Gasteiger partial charge in [0.15, 0.2) is 11.0 Å². The number of rotatable bonds is 9. The average Bonchev–Trinajstić information content (AvgIpc) is 3.02. The van der Waals surface area contributed by atoms with E-state index in [-0.39, 0.29) is 11.9 Å². The van der Waals surface area contributed by atoms with E-state index in [1.54, 1.807) is 7.11 Å². The van der Waals surface area contributed by atoms with Crippen molar-refractivity contribution in [3.8, 4) is 17.1 Å². The van der Waals surface area contributed by atoms with Crippen molar-refractivity contribution in [3.05, 3.63) is 24.3 Å². The molecule has 0 saturated heterocycles. The minimum Gasteiger partial charge on any atom is -0.496 e. The largest absolute Gasteiger partial charge is 0.496 e. The Labute approximate surface area is 153 Å². The van der Waals surface area contributed by atoms with Crippen LogP contribution < -0.4 is 10.1 Å². The van der Waals surface area contributed by atoms with Crippen molar-refractivity contribution in [3.63, 3.8) is 0 Å². The number of ether oxygens (including phenoxy) is 1. The average molecular weight is 362 g/mol. The zero-order valence-corrected chi connectivity index (χ0v) is 16.1. The van der Waals surface area contributed by atoms with Crippen molar-refractivity contribution < 1.29 is 9.53 Å². The van der Waals surface area contributed by atoms with Gasteiger partial charge in [0, 0.05) is 12.6 Å². The Morgan fingerprint density at radius 2 is 2.08 bits per heavy atom. The van der Waals surface area contributed by atoms with Crippen molar-refractivity contribution in [2.45, 2.75) is 51.4 Å². The van der Waals surface area contributed by atoms with Gasteiger partial charge in [0.25, 0.3) is 0 Å². The number of carbonyl (C=O) groups excluding carboxylic acids is 1. The molecule has 0 unspecified atom stereocenters. The molecule has 0 fully saturated rings. The molecule has 0 saturated carbocycles. The summed E-state index contributed by atoms with van der Waals surface area (Å²) in [4.78, 5) is 12.1. The van der Waals surface area contributed by atoms with Crippen LogP contribution >= 0.6 is 11.8 Å². The predicted molar refractivity (Wildman–Crippen MR) is 101 cm³/mol. The molecule has 1 heterocycles. The highest BCUT2D eigenvalue weighted by molar-refractivity contribution is 7.99. The Morgan fingerprint density at radius 3 is 2.76 bits per heavy atom. The van der Waals surface area contributed by atoms with Crippen LogP contribution in [-0.4, -0.2) is 39.6 Å². The van der Waals surface area contributed by atoms with Gasteiger partial charge in [-0.25, -0.2) is 0 Å². The minimum absolute atomic E-state index is 0.0236. The summed E-state index contributed by atoms with van der Waals surface area (Å²) in [5, 5.41) is 12.3. The van der Waals surface area contributed by atoms with Crippen LogP contribution in [0.25, 0.3) is 11.4 Å². The van der Waals surface area contributed by atoms with E-state index >= 15 is 0 Å². The lowest BCUT2D eigenvalue weighted by molar-refractivity contribution is -0.119. The summed E-state index contributed by atoms with van der Waals surface area (Å²) >= 11 is 1.41. The molecular formula is C18H26N4O2S. The molecule has 25 heavy (non-hydrogen) atoms. The Hall–Kier alpha value is -2.02. The molecule has 0 aliphatic heterocycles. The third kappa shape index (κ3) is 4.98. The molecule has 0 aliphatic rings. The maximum Gasteiger partial charge on any atom is 0.230 e. The van der Waals surface area contributed by atoms with Gasteiger partial charge in [-0.2, -0.15) is 0 Å². The molecule has 0 aliphatic carbocycles. The van der Waals surface area contributed by atoms with E-state index < -0.39 is 0 Å². The summed E-state index contributed by atoms with van der Waals surface area (Å²) in [7, 11) is 1.64. The maximum atomic E-state index is 12.1. The first-order valence-corrected chi connectivity index (χ1v) is 9.57. The molecule has 0 spiro atoms. The molecule has 136 valence electrons. The van der Waals surface area contributed by atoms with E-state index in [1.165, 1.54) is 11.8 Å². The van der Waals surface area contributed by atoms with Gasteiger partial charge in [0.2, 0.25) is 5.91 Å². The third-order valence-corrected chi connectivity index (χ3v) is 4.81. The summed E-state index contributed by atoms with van der Waals surface area (Å²) in [6.45, 7) is 6.90. The Bertz CT molecular complexity index is 702. The highest BCUT2D eigenvalue weighted by Crippen LogP contribution is 2.30. The second-order valence-electron chi connectivity index (χ2n) is 5.80. The maximum absolute atomic E-state index is 12.1. The van der Waals surface area contributed by atoms with E-state index in [4.69, 9.17) is 4.74 Å². The van der Waals surface area contributed by atoms with Crippen molar-refractivity contribution in [1.82, 2.24) is 20.1 Å². The summed E-state index contributed by atoms with van der Waals surface area (Å²) in [6.07, 6.45) is 2.04.